The van der Waals surface area contributed by atoms with E-state index in [1.807, 2.05) is 6.92 Å². The van der Waals surface area contributed by atoms with Gasteiger partial charge in [-0.2, -0.15) is 0 Å². The summed E-state index contributed by atoms with van der Waals surface area (Å²) in [5, 5.41) is 10.4. The number of Topliss-reactive ketones (excluding diaryl/α,β-unsaturated/α-hetero) is 1. The molecule has 1 N–H and O–H groups in total. The lowest BCUT2D eigenvalue weighted by Gasteiger charge is -2.53. The number of esters is 1. The molecular formula is C28H46O5. The maximum absolute atomic E-state index is 13.3. The molecule has 3 rings (SSSR count). The van der Waals surface area contributed by atoms with Crippen molar-refractivity contribution in [3.05, 3.63) is 0 Å². The van der Waals surface area contributed by atoms with Gasteiger partial charge in [-0.15, -0.1) is 0 Å². The van der Waals surface area contributed by atoms with Gasteiger partial charge in [-0.25, -0.2) is 0 Å². The molecule has 3 fully saturated rings. The quantitative estimate of drug-likeness (QED) is 0.429. The van der Waals surface area contributed by atoms with Crippen LogP contribution < -0.4 is 0 Å². The number of ketones is 1. The van der Waals surface area contributed by atoms with Crippen LogP contribution in [0.4, 0.5) is 0 Å². The fraction of sp³-hybridized carbons (Fsp3) is 0.893. The van der Waals surface area contributed by atoms with Crippen LogP contribution in [0.15, 0.2) is 0 Å². The zero-order valence-corrected chi connectivity index (χ0v) is 21.7. The van der Waals surface area contributed by atoms with Crippen molar-refractivity contribution in [3.63, 3.8) is 0 Å². The fourth-order valence-electron chi connectivity index (χ4n) is 8.09. The lowest BCUT2D eigenvalue weighted by atomic mass is 9.50. The molecule has 0 unspecified atom stereocenters. The molecule has 0 radical (unpaired) electrons. The second-order valence-electron chi connectivity index (χ2n) is 12.4. The van der Waals surface area contributed by atoms with Crippen LogP contribution in [0.5, 0.6) is 0 Å². The minimum atomic E-state index is -0.722. The average Bonchev–Trinajstić information content (AvgIpc) is 3.06. The number of carboxylic acid groups (broad SMARTS) is 1. The zero-order valence-electron chi connectivity index (χ0n) is 21.7. The molecule has 5 nitrogen and oxygen atoms in total. The number of aliphatic carboxylic acids is 1. The first-order valence-corrected chi connectivity index (χ1v) is 13.3. The first-order valence-electron chi connectivity index (χ1n) is 13.3. The van der Waals surface area contributed by atoms with Crippen molar-refractivity contribution < 1.29 is 24.2 Å². The van der Waals surface area contributed by atoms with Crippen LogP contribution in [-0.4, -0.2) is 28.9 Å². The minimum absolute atomic E-state index is 0.0468. The van der Waals surface area contributed by atoms with E-state index in [1.165, 1.54) is 26.2 Å². The molecule has 8 atom stereocenters. The summed E-state index contributed by atoms with van der Waals surface area (Å²) in [6.45, 7) is 12.6. The number of rotatable bonds is 8. The van der Waals surface area contributed by atoms with E-state index in [0.29, 0.717) is 24.7 Å². The van der Waals surface area contributed by atoms with Crippen LogP contribution >= 0.6 is 0 Å². The van der Waals surface area contributed by atoms with Crippen molar-refractivity contribution in [2.45, 2.75) is 112 Å². The van der Waals surface area contributed by atoms with Gasteiger partial charge in [0.15, 0.2) is 0 Å². The second-order valence-corrected chi connectivity index (χ2v) is 12.4. The van der Waals surface area contributed by atoms with Gasteiger partial charge in [0.1, 0.15) is 11.9 Å². The summed E-state index contributed by atoms with van der Waals surface area (Å²) < 4.78 is 5.31. The smallest absolute Gasteiger partial charge is 0.307 e. The van der Waals surface area contributed by atoms with Crippen LogP contribution in [0.25, 0.3) is 0 Å². The Kier molecular flexibility index (Phi) is 8.01. The van der Waals surface area contributed by atoms with E-state index < -0.39 is 17.3 Å². The molecule has 0 aromatic carbocycles. The van der Waals surface area contributed by atoms with E-state index in [0.717, 1.165) is 31.6 Å². The largest absolute Gasteiger partial charge is 0.481 e. The fourth-order valence-corrected chi connectivity index (χ4v) is 8.09. The van der Waals surface area contributed by atoms with Crippen molar-refractivity contribution in [1.29, 1.82) is 0 Å². The molecule has 3 saturated carbocycles. The first kappa shape index (κ1) is 26.2. The van der Waals surface area contributed by atoms with E-state index in [4.69, 9.17) is 4.74 Å². The Morgan fingerprint density at radius 2 is 1.73 bits per heavy atom. The number of carboxylic acids is 1. The molecule has 5 heteroatoms. The predicted molar refractivity (Wildman–Crippen MR) is 129 cm³/mol. The Morgan fingerprint density at radius 3 is 2.30 bits per heavy atom. The highest BCUT2D eigenvalue weighted by Gasteiger charge is 2.61. The summed E-state index contributed by atoms with van der Waals surface area (Å²) in [6, 6.07) is 0. The van der Waals surface area contributed by atoms with Crippen molar-refractivity contribution in [3.8, 4) is 0 Å². The molecule has 33 heavy (non-hydrogen) atoms. The normalized spacial score (nSPS) is 39.8. The van der Waals surface area contributed by atoms with Gasteiger partial charge in [0.25, 0.3) is 0 Å². The van der Waals surface area contributed by atoms with Gasteiger partial charge in [-0.05, 0) is 73.5 Å². The lowest BCUT2D eigenvalue weighted by molar-refractivity contribution is -0.165. The average molecular weight is 463 g/mol. The van der Waals surface area contributed by atoms with E-state index in [2.05, 4.69) is 27.7 Å². The van der Waals surface area contributed by atoms with Crippen molar-refractivity contribution in [2.24, 2.45) is 46.3 Å². The molecular weight excluding hydrogens is 416 g/mol. The second kappa shape index (κ2) is 10.1. The summed E-state index contributed by atoms with van der Waals surface area (Å²) in [6.07, 6.45) is 8.73. The van der Waals surface area contributed by atoms with Gasteiger partial charge in [-0.1, -0.05) is 53.9 Å². The molecule has 3 aliphatic carbocycles. The van der Waals surface area contributed by atoms with Crippen LogP contribution in [0.1, 0.15) is 106 Å². The number of hydrogen-bond donors (Lipinski definition) is 1. The summed E-state index contributed by atoms with van der Waals surface area (Å²) in [5.74, 6) is 0.461. The minimum Gasteiger partial charge on any atom is -0.481 e. The Morgan fingerprint density at radius 1 is 1.03 bits per heavy atom. The van der Waals surface area contributed by atoms with Gasteiger partial charge in [0, 0.05) is 18.8 Å². The van der Waals surface area contributed by atoms with Gasteiger partial charge >= 0.3 is 11.9 Å². The SMILES string of the molecule is CC(=O)O[C@@H]1CC[C@](C)([C@@H]2CC[C@@]3(C)[C@@H](CC[C@H]3[C@H](C)CCCC(C)C)[C@@H]2C(=O)O)C(=O)C1. The van der Waals surface area contributed by atoms with Gasteiger partial charge in [-0.3, -0.25) is 14.4 Å². The van der Waals surface area contributed by atoms with Crippen LogP contribution in [-0.2, 0) is 19.1 Å². The maximum atomic E-state index is 13.3. The number of fused-ring (bicyclic) bond motifs is 1. The van der Waals surface area contributed by atoms with Crippen molar-refractivity contribution in [1.82, 2.24) is 0 Å². The highest BCUT2D eigenvalue weighted by Crippen LogP contribution is 2.64. The summed E-state index contributed by atoms with van der Waals surface area (Å²) in [4.78, 5) is 37.4. The van der Waals surface area contributed by atoms with Gasteiger partial charge < -0.3 is 9.84 Å². The number of ether oxygens (including phenoxy) is 1. The Hall–Kier alpha value is -1.39. The highest BCUT2D eigenvalue weighted by molar-refractivity contribution is 5.87. The van der Waals surface area contributed by atoms with Crippen molar-refractivity contribution >= 4 is 17.7 Å². The van der Waals surface area contributed by atoms with E-state index in [9.17, 15) is 19.5 Å². The highest BCUT2D eigenvalue weighted by atomic mass is 16.5. The summed E-state index contributed by atoms with van der Waals surface area (Å²) in [7, 11) is 0. The first-order chi connectivity index (χ1) is 15.4. The monoisotopic (exact) mass is 462 g/mol. The number of carbonyl (C=O) groups excluding carboxylic acids is 2. The van der Waals surface area contributed by atoms with E-state index >= 15 is 0 Å². The Labute approximate surface area is 200 Å². The molecule has 0 heterocycles. The Balaban J connectivity index is 1.77. The molecule has 0 bridgehead atoms. The molecule has 0 aromatic rings. The van der Waals surface area contributed by atoms with Gasteiger partial charge in [0.2, 0.25) is 0 Å². The van der Waals surface area contributed by atoms with E-state index in [-0.39, 0.29) is 41.5 Å². The number of carbonyl (C=O) groups is 3. The van der Waals surface area contributed by atoms with Crippen LogP contribution in [0, 0.1) is 46.3 Å². The lowest BCUT2D eigenvalue weighted by Crippen LogP contribution is -2.54. The molecule has 3 aliphatic rings. The van der Waals surface area contributed by atoms with Crippen LogP contribution in [0.2, 0.25) is 0 Å². The molecule has 0 saturated heterocycles. The maximum Gasteiger partial charge on any atom is 0.307 e. The van der Waals surface area contributed by atoms with Crippen molar-refractivity contribution in [2.75, 3.05) is 0 Å². The number of hydrogen-bond acceptors (Lipinski definition) is 4. The topological polar surface area (TPSA) is 80.7 Å². The predicted octanol–water partition coefficient (Wildman–Crippen LogP) is 6.28. The third kappa shape index (κ3) is 5.17. The molecule has 0 amide bonds. The Bertz CT molecular complexity index is 745. The van der Waals surface area contributed by atoms with Crippen LogP contribution in [0.3, 0.4) is 0 Å². The third-order valence-electron chi connectivity index (χ3n) is 9.94. The molecule has 0 aliphatic heterocycles. The zero-order chi connectivity index (χ0) is 24.6. The molecule has 0 aromatic heterocycles. The van der Waals surface area contributed by atoms with Gasteiger partial charge in [0.05, 0.1) is 5.92 Å². The van der Waals surface area contributed by atoms with E-state index in [1.54, 1.807) is 0 Å². The summed E-state index contributed by atoms with van der Waals surface area (Å²) >= 11 is 0. The third-order valence-corrected chi connectivity index (χ3v) is 9.94. The molecule has 188 valence electrons. The summed E-state index contributed by atoms with van der Waals surface area (Å²) in [5.41, 5.74) is -0.590. The standard InChI is InChI=1S/C28H46O5/c1-17(2)8-7-9-18(3)21-10-11-22-25(26(31)32)23(13-15-27(21,22)5)28(6)14-12-20(16-24(28)30)33-19(4)29/h17-18,20-23,25H,7-16H2,1-6H3,(H,31,32)/t18-,20-,21+,22+,23-,25+,27-,28-/m1/s1. The molecule has 0 spiro atoms.